The zero-order valence-corrected chi connectivity index (χ0v) is 35.0. The zero-order valence-electron chi connectivity index (χ0n) is 35.0. The lowest BCUT2D eigenvalue weighted by atomic mass is 9.56. The zero-order chi connectivity index (χ0) is 41.0. The predicted octanol–water partition coefficient (Wildman–Crippen LogP) is 16.9. The lowest BCUT2D eigenvalue weighted by Crippen LogP contribution is -2.39. The van der Waals surface area contributed by atoms with Gasteiger partial charge in [-0.3, -0.25) is 0 Å². The average Bonchev–Trinajstić information content (AvgIpc) is 3.84. The second-order valence-corrected chi connectivity index (χ2v) is 18.2. The van der Waals surface area contributed by atoms with E-state index in [1.54, 1.807) is 0 Å². The van der Waals surface area contributed by atoms with Crippen molar-refractivity contribution in [3.63, 3.8) is 0 Å². The third-order valence-corrected chi connectivity index (χ3v) is 14.8. The van der Waals surface area contributed by atoms with Gasteiger partial charge in [-0.25, -0.2) is 0 Å². The highest BCUT2D eigenvalue weighted by atomic mass is 16.3. The van der Waals surface area contributed by atoms with Crippen LogP contribution in [0.4, 0.5) is 34.1 Å². The van der Waals surface area contributed by atoms with Crippen molar-refractivity contribution in [1.29, 1.82) is 0 Å². The minimum atomic E-state index is 0.675. The second kappa shape index (κ2) is 15.3. The summed E-state index contributed by atoms with van der Waals surface area (Å²) in [5.41, 5.74) is 15.5. The van der Waals surface area contributed by atoms with Gasteiger partial charge >= 0.3 is 0 Å². The summed E-state index contributed by atoms with van der Waals surface area (Å²) in [5.74, 6) is 2.48. The number of hydrogen-bond donors (Lipinski definition) is 0. The number of furan rings is 1. The molecule has 62 heavy (non-hydrogen) atoms. The van der Waals surface area contributed by atoms with E-state index in [0.29, 0.717) is 11.3 Å². The van der Waals surface area contributed by atoms with Crippen molar-refractivity contribution in [2.45, 2.75) is 50.9 Å². The van der Waals surface area contributed by atoms with Gasteiger partial charge in [0, 0.05) is 44.9 Å². The molecule has 4 aliphatic carbocycles. The van der Waals surface area contributed by atoms with Crippen molar-refractivity contribution in [2.75, 3.05) is 9.80 Å². The predicted molar refractivity (Wildman–Crippen MR) is 258 cm³/mol. The van der Waals surface area contributed by atoms with E-state index in [4.69, 9.17) is 4.42 Å². The van der Waals surface area contributed by atoms with E-state index < -0.39 is 0 Å². The Hall–Kier alpha value is -6.84. The Bertz CT molecular complexity index is 3000. The number of hydrogen-bond acceptors (Lipinski definition) is 3. The Morgan fingerprint density at radius 1 is 0.403 bits per heavy atom. The van der Waals surface area contributed by atoms with Crippen LogP contribution in [0.15, 0.2) is 205 Å². The van der Waals surface area contributed by atoms with Crippen molar-refractivity contribution < 1.29 is 4.42 Å². The van der Waals surface area contributed by atoms with Crippen molar-refractivity contribution in [1.82, 2.24) is 0 Å². The van der Waals surface area contributed by atoms with Gasteiger partial charge in [0.1, 0.15) is 11.2 Å². The van der Waals surface area contributed by atoms with Gasteiger partial charge in [0.15, 0.2) is 0 Å². The third-order valence-electron chi connectivity index (χ3n) is 14.8. The SMILES string of the molecule is c1ccc(-c2ccc(N(c3ccc(C4CCC5CCCC56CC4C6)cc3)c3cccc(N(c4ccc(-c5ccccc5)cc4)c4ccc5oc6ccccc6c5c4)c3)cc2)cc1. The first-order valence-electron chi connectivity index (χ1n) is 22.7. The number of anilines is 6. The largest absolute Gasteiger partial charge is 0.456 e. The Morgan fingerprint density at radius 3 is 1.56 bits per heavy atom. The van der Waals surface area contributed by atoms with Crippen LogP contribution < -0.4 is 9.80 Å². The first-order valence-corrected chi connectivity index (χ1v) is 22.7. The molecule has 4 fully saturated rings. The Kier molecular flexibility index (Phi) is 9.10. The van der Waals surface area contributed by atoms with Crippen LogP contribution in [0, 0.1) is 17.3 Å². The summed E-state index contributed by atoms with van der Waals surface area (Å²) in [6.07, 6.45) is 10.0. The topological polar surface area (TPSA) is 19.6 Å². The molecule has 0 amide bonds. The van der Waals surface area contributed by atoms with E-state index >= 15 is 0 Å². The molecule has 302 valence electrons. The van der Waals surface area contributed by atoms with Gasteiger partial charge in [0.2, 0.25) is 0 Å². The van der Waals surface area contributed by atoms with Crippen molar-refractivity contribution in [3.8, 4) is 22.3 Å². The molecule has 3 heteroatoms. The molecule has 13 rings (SSSR count). The van der Waals surface area contributed by atoms with Crippen LogP contribution in [0.5, 0.6) is 0 Å². The van der Waals surface area contributed by atoms with Crippen LogP contribution in [0.25, 0.3) is 44.2 Å². The lowest BCUT2D eigenvalue weighted by molar-refractivity contribution is 0.0231. The first kappa shape index (κ1) is 37.0. The molecule has 1 spiro atoms. The molecule has 3 nitrogen and oxygen atoms in total. The van der Waals surface area contributed by atoms with E-state index in [1.807, 2.05) is 6.07 Å². The Morgan fingerprint density at radius 2 is 0.919 bits per heavy atom. The maximum Gasteiger partial charge on any atom is 0.135 e. The number of para-hydroxylation sites is 1. The number of rotatable bonds is 9. The van der Waals surface area contributed by atoms with Crippen LogP contribution in [0.2, 0.25) is 0 Å². The molecule has 2 bridgehead atoms. The highest BCUT2D eigenvalue weighted by molar-refractivity contribution is 6.06. The molecule has 8 aromatic carbocycles. The molecule has 9 aromatic rings. The summed E-state index contributed by atoms with van der Waals surface area (Å²) in [4.78, 5) is 4.81. The first-order chi connectivity index (χ1) is 30.7. The normalized spacial score (nSPS) is 20.4. The van der Waals surface area contributed by atoms with E-state index in [9.17, 15) is 0 Å². The van der Waals surface area contributed by atoms with E-state index in [-0.39, 0.29) is 0 Å². The van der Waals surface area contributed by atoms with Crippen molar-refractivity contribution >= 4 is 56.1 Å². The monoisotopic (exact) mass is 802 g/mol. The maximum atomic E-state index is 6.30. The van der Waals surface area contributed by atoms with Gasteiger partial charge in [-0.1, -0.05) is 128 Å². The molecule has 1 heterocycles. The fourth-order valence-corrected chi connectivity index (χ4v) is 11.8. The molecule has 4 aliphatic rings. The van der Waals surface area contributed by atoms with Crippen molar-refractivity contribution in [2.24, 2.45) is 17.3 Å². The maximum absolute atomic E-state index is 6.30. The minimum absolute atomic E-state index is 0.675. The molecule has 1 aromatic heterocycles. The Labute approximate surface area is 364 Å². The Balaban J connectivity index is 0.956. The van der Waals surface area contributed by atoms with Gasteiger partial charge < -0.3 is 14.2 Å². The number of fused-ring (bicyclic) bond motifs is 5. The molecular weight excluding hydrogens is 753 g/mol. The van der Waals surface area contributed by atoms with Gasteiger partial charge in [-0.05, 0) is 168 Å². The van der Waals surface area contributed by atoms with Crippen LogP contribution in [0.1, 0.15) is 56.4 Å². The summed E-state index contributed by atoms with van der Waals surface area (Å²) in [5, 5.41) is 2.23. The average molecular weight is 803 g/mol. The molecule has 4 saturated carbocycles. The number of nitrogens with zero attached hydrogens (tertiary/aromatic N) is 2. The highest BCUT2D eigenvalue weighted by Gasteiger charge is 2.55. The van der Waals surface area contributed by atoms with Gasteiger partial charge in [-0.15, -0.1) is 0 Å². The second-order valence-electron chi connectivity index (χ2n) is 18.2. The van der Waals surface area contributed by atoms with Gasteiger partial charge in [-0.2, -0.15) is 0 Å². The van der Waals surface area contributed by atoms with Crippen LogP contribution in [-0.4, -0.2) is 0 Å². The highest BCUT2D eigenvalue weighted by Crippen LogP contribution is 2.66. The van der Waals surface area contributed by atoms with Crippen LogP contribution in [-0.2, 0) is 0 Å². The smallest absolute Gasteiger partial charge is 0.135 e. The van der Waals surface area contributed by atoms with E-state index in [2.05, 4.69) is 204 Å². The summed E-state index contributed by atoms with van der Waals surface area (Å²) in [7, 11) is 0. The fourth-order valence-electron chi connectivity index (χ4n) is 11.8. The summed E-state index contributed by atoms with van der Waals surface area (Å²) >= 11 is 0. The van der Waals surface area contributed by atoms with Gasteiger partial charge in [0.05, 0.1) is 0 Å². The molecule has 0 saturated heterocycles. The lowest BCUT2D eigenvalue weighted by Gasteiger charge is -2.49. The fraction of sp³-hybridized carbons (Fsp3) is 0.186. The minimum Gasteiger partial charge on any atom is -0.456 e. The number of benzene rings is 8. The standard InChI is InChI=1S/C59H50N2O/c1-3-11-41(12-4-1)43-20-27-48(28-21-43)60(49-31-24-45(25-32-49)54-34-26-47-15-10-36-59(47)39-46(54)40-59)51-16-9-17-52(37-51)61(50-29-22-44(23-30-50)42-13-5-2-6-14-42)53-33-35-58-56(38-53)55-18-7-8-19-57(55)62-58/h1-9,11-14,16-25,27-33,35,37-38,46-47,54H,10,15,26,34,36,39-40H2. The molecule has 0 aliphatic heterocycles. The molecule has 2 unspecified atom stereocenters. The van der Waals surface area contributed by atoms with Gasteiger partial charge in [0.25, 0.3) is 0 Å². The molecule has 2 atom stereocenters. The molecule has 0 radical (unpaired) electrons. The van der Waals surface area contributed by atoms with Crippen LogP contribution in [0.3, 0.4) is 0 Å². The summed E-state index contributed by atoms with van der Waals surface area (Å²) in [6, 6.07) is 72.9. The quantitative estimate of drug-likeness (QED) is 0.145. The van der Waals surface area contributed by atoms with E-state index in [0.717, 1.165) is 62.2 Å². The molecular formula is C59H50N2O. The van der Waals surface area contributed by atoms with Crippen LogP contribution >= 0.6 is 0 Å². The van der Waals surface area contributed by atoms with Crippen molar-refractivity contribution in [3.05, 3.63) is 206 Å². The molecule has 0 N–H and O–H groups in total. The van der Waals surface area contributed by atoms with E-state index in [1.165, 1.54) is 78.5 Å². The third kappa shape index (κ3) is 6.50. The summed E-state index contributed by atoms with van der Waals surface area (Å²) in [6.45, 7) is 0. The summed E-state index contributed by atoms with van der Waals surface area (Å²) < 4.78 is 6.30.